The first-order valence-electron chi connectivity index (χ1n) is 11.4. The van der Waals surface area contributed by atoms with E-state index in [0.717, 1.165) is 6.92 Å². The minimum atomic E-state index is -1.69. The van der Waals surface area contributed by atoms with Gasteiger partial charge in [-0.15, -0.1) is 0 Å². The zero-order valence-corrected chi connectivity index (χ0v) is 21.0. The highest BCUT2D eigenvalue weighted by atomic mass is 16.4. The van der Waals surface area contributed by atoms with Crippen molar-refractivity contribution in [3.63, 3.8) is 0 Å². The highest BCUT2D eigenvalue weighted by Crippen LogP contribution is 2.03. The van der Waals surface area contributed by atoms with Crippen LogP contribution in [-0.4, -0.2) is 106 Å². The van der Waals surface area contributed by atoms with Crippen molar-refractivity contribution in [3.8, 4) is 0 Å². The molecule has 18 nitrogen and oxygen atoms in total. The number of aliphatic hydroxyl groups excluding tert-OH is 2. The van der Waals surface area contributed by atoms with Crippen LogP contribution in [0.5, 0.6) is 0 Å². The Morgan fingerprint density at radius 3 is 1.82 bits per heavy atom. The highest BCUT2D eigenvalue weighted by Gasteiger charge is 2.34. The molecule has 0 radical (unpaired) electrons. The molecule has 38 heavy (non-hydrogen) atoms. The first-order chi connectivity index (χ1) is 17.6. The maximum Gasteiger partial charge on any atom is 0.322 e. The van der Waals surface area contributed by atoms with Crippen molar-refractivity contribution >= 4 is 41.5 Å². The molecule has 0 spiro atoms. The first-order valence-corrected chi connectivity index (χ1v) is 11.4. The molecule has 0 unspecified atom stereocenters. The number of carboxylic acids is 1. The number of nitrogens with two attached hydrogens (primary N) is 4. The molecule has 0 heterocycles. The Hall–Kier alpha value is -4.03. The molecule has 0 aromatic heterocycles. The predicted molar refractivity (Wildman–Crippen MR) is 131 cm³/mol. The van der Waals surface area contributed by atoms with Crippen LogP contribution in [-0.2, 0) is 28.8 Å². The number of rotatable bonds is 17. The van der Waals surface area contributed by atoms with E-state index in [1.165, 1.54) is 6.92 Å². The summed E-state index contributed by atoms with van der Waals surface area (Å²) in [6.45, 7) is 1.71. The third kappa shape index (κ3) is 13.3. The van der Waals surface area contributed by atoms with Gasteiger partial charge in [-0.05, 0) is 26.7 Å². The van der Waals surface area contributed by atoms with E-state index in [2.05, 4.69) is 20.9 Å². The van der Waals surface area contributed by atoms with Crippen LogP contribution < -0.4 is 44.2 Å². The Balaban J connectivity index is 5.46. The molecular weight excluding hydrogens is 510 g/mol. The van der Waals surface area contributed by atoms with Gasteiger partial charge in [0.1, 0.15) is 24.7 Å². The van der Waals surface area contributed by atoms with Crippen LogP contribution in [0.15, 0.2) is 4.99 Å². The van der Waals surface area contributed by atoms with Gasteiger partial charge in [-0.1, -0.05) is 0 Å². The molecule has 18 heteroatoms. The molecule has 0 saturated carbocycles. The number of nitrogens with zero attached hydrogens (tertiary/aromatic N) is 1. The van der Waals surface area contributed by atoms with Crippen molar-refractivity contribution in [1.29, 1.82) is 0 Å². The highest BCUT2D eigenvalue weighted by molar-refractivity contribution is 5.97. The lowest BCUT2D eigenvalue weighted by Gasteiger charge is -2.27. The summed E-state index contributed by atoms with van der Waals surface area (Å²) in [6.07, 6.45) is -3.27. The van der Waals surface area contributed by atoms with Crippen LogP contribution in [0.4, 0.5) is 0 Å². The van der Waals surface area contributed by atoms with Gasteiger partial charge in [0.2, 0.25) is 29.5 Å². The third-order valence-corrected chi connectivity index (χ3v) is 4.88. The normalized spacial score (nSPS) is 15.4. The summed E-state index contributed by atoms with van der Waals surface area (Å²) in [5.41, 5.74) is 21.4. The molecule has 0 aliphatic heterocycles. The van der Waals surface area contributed by atoms with Crippen LogP contribution in [0.2, 0.25) is 0 Å². The maximum absolute atomic E-state index is 12.8. The van der Waals surface area contributed by atoms with E-state index in [4.69, 9.17) is 28.0 Å². The number of aliphatic hydroxyl groups is 2. The monoisotopic (exact) mass is 547 g/mol. The van der Waals surface area contributed by atoms with E-state index >= 15 is 0 Å². The topological polar surface area (TPSA) is 328 Å². The minimum absolute atomic E-state index is 0.133. The Bertz CT molecular complexity index is 891. The van der Waals surface area contributed by atoms with E-state index in [9.17, 15) is 39.0 Å². The summed E-state index contributed by atoms with van der Waals surface area (Å²) >= 11 is 0. The van der Waals surface area contributed by atoms with E-state index < -0.39 is 84.8 Å². The van der Waals surface area contributed by atoms with Crippen molar-refractivity contribution in [3.05, 3.63) is 0 Å². The molecule has 216 valence electrons. The van der Waals surface area contributed by atoms with Crippen LogP contribution in [0.25, 0.3) is 0 Å². The number of primary amides is 1. The number of nitrogens with one attached hydrogen (secondary N) is 4. The fourth-order valence-corrected chi connectivity index (χ4v) is 2.92. The Morgan fingerprint density at radius 2 is 1.34 bits per heavy atom. The number of hydrogen-bond acceptors (Lipinski definition) is 10. The lowest BCUT2D eigenvalue weighted by atomic mass is 10.1. The minimum Gasteiger partial charge on any atom is -0.480 e. The molecule has 0 aromatic carbocycles. The average molecular weight is 548 g/mol. The first kappa shape index (κ1) is 34.0. The second kappa shape index (κ2) is 16.7. The van der Waals surface area contributed by atoms with E-state index in [-0.39, 0.29) is 18.9 Å². The van der Waals surface area contributed by atoms with E-state index in [1.807, 2.05) is 5.32 Å². The summed E-state index contributed by atoms with van der Waals surface area (Å²) in [5, 5.41) is 37.0. The largest absolute Gasteiger partial charge is 0.480 e. The summed E-state index contributed by atoms with van der Waals surface area (Å²) in [6, 6.07) is -6.06. The number of guanidine groups is 1. The van der Waals surface area contributed by atoms with Gasteiger partial charge in [-0.25, -0.2) is 0 Å². The second-order valence-corrected chi connectivity index (χ2v) is 8.35. The van der Waals surface area contributed by atoms with Crippen molar-refractivity contribution in [1.82, 2.24) is 21.3 Å². The van der Waals surface area contributed by atoms with Crippen LogP contribution >= 0.6 is 0 Å². The van der Waals surface area contributed by atoms with Gasteiger partial charge in [-0.2, -0.15) is 0 Å². The smallest absolute Gasteiger partial charge is 0.322 e. The van der Waals surface area contributed by atoms with Gasteiger partial charge in [0.05, 0.1) is 24.7 Å². The van der Waals surface area contributed by atoms with Crippen molar-refractivity contribution < 1.29 is 44.1 Å². The molecule has 0 aliphatic rings. The Kier molecular flexibility index (Phi) is 14.9. The number of carbonyl (C=O) groups is 6. The number of hydrogen-bond donors (Lipinski definition) is 11. The second-order valence-electron chi connectivity index (χ2n) is 8.35. The lowest BCUT2D eigenvalue weighted by Crippen LogP contribution is -2.61. The fourth-order valence-electron chi connectivity index (χ4n) is 2.92. The van der Waals surface area contributed by atoms with Crippen molar-refractivity contribution in [2.24, 2.45) is 27.9 Å². The molecule has 6 atom stereocenters. The average Bonchev–Trinajstić information content (AvgIpc) is 2.80. The van der Waals surface area contributed by atoms with E-state index in [0.29, 0.717) is 6.42 Å². The van der Waals surface area contributed by atoms with Gasteiger partial charge in [0.25, 0.3) is 0 Å². The summed E-state index contributed by atoms with van der Waals surface area (Å²) < 4.78 is 0. The van der Waals surface area contributed by atoms with E-state index in [1.54, 1.807) is 0 Å². The zero-order valence-electron chi connectivity index (χ0n) is 21.0. The summed E-state index contributed by atoms with van der Waals surface area (Å²) in [4.78, 5) is 76.0. The third-order valence-electron chi connectivity index (χ3n) is 4.88. The molecule has 5 amide bonds. The van der Waals surface area contributed by atoms with Crippen molar-refractivity contribution in [2.45, 2.75) is 69.5 Å². The molecule has 0 aromatic rings. The molecule has 15 N–H and O–H groups in total. The van der Waals surface area contributed by atoms with Gasteiger partial charge < -0.3 is 59.5 Å². The molecular formula is C20H37N9O9. The SMILES string of the molecule is C[C@@H](O)[C@H](NC(=O)[C@H](CC(N)=O)NC(=O)[C@@H](NC(=O)[C@@H](N)CCCN=C(N)N)[C@@H](C)O)C(=O)NCC(=O)O. The molecule has 0 rings (SSSR count). The predicted octanol–water partition coefficient (Wildman–Crippen LogP) is -6.34. The fraction of sp³-hybridized carbons (Fsp3) is 0.650. The van der Waals surface area contributed by atoms with Crippen LogP contribution in [0.3, 0.4) is 0 Å². The molecule has 0 aliphatic carbocycles. The van der Waals surface area contributed by atoms with Crippen LogP contribution in [0, 0.1) is 0 Å². The standard InChI is InChI=1S/C20H37N9O9/c1-8(30)14(18(37)26-7-13(33)34)29-17(36)11(6-12(22)32)27-19(38)15(9(2)31)28-16(35)10(21)4-3-5-25-20(23)24/h8-11,14-15,30-31H,3-7,21H2,1-2H3,(H2,22,32)(H,26,37)(H,27,38)(H,28,35)(H,29,36)(H,33,34)(H4,23,24,25)/t8-,9-,10+,11+,14+,15+/m1/s1. The van der Waals surface area contributed by atoms with Gasteiger partial charge in [0, 0.05) is 6.54 Å². The van der Waals surface area contributed by atoms with Gasteiger partial charge in [-0.3, -0.25) is 33.8 Å². The van der Waals surface area contributed by atoms with Crippen molar-refractivity contribution in [2.75, 3.05) is 13.1 Å². The Morgan fingerprint density at radius 1 is 0.816 bits per heavy atom. The molecule has 0 saturated heterocycles. The maximum atomic E-state index is 12.8. The lowest BCUT2D eigenvalue weighted by molar-refractivity contribution is -0.140. The number of amides is 5. The van der Waals surface area contributed by atoms with Crippen LogP contribution in [0.1, 0.15) is 33.1 Å². The van der Waals surface area contributed by atoms with Gasteiger partial charge in [0.15, 0.2) is 5.96 Å². The summed E-state index contributed by atoms with van der Waals surface area (Å²) in [7, 11) is 0. The number of carbonyl (C=O) groups excluding carboxylic acids is 5. The Labute approximate surface area is 217 Å². The number of carboxylic acid groups (broad SMARTS) is 1. The summed E-state index contributed by atoms with van der Waals surface area (Å²) in [5.74, 6) is -6.64. The number of aliphatic imine (C=N–C) groups is 1. The zero-order chi connectivity index (χ0) is 29.6. The molecule has 0 bridgehead atoms. The quantitative estimate of drug-likeness (QED) is 0.0460. The number of aliphatic carboxylic acids is 1. The van der Waals surface area contributed by atoms with Gasteiger partial charge >= 0.3 is 5.97 Å². The molecule has 0 fully saturated rings.